The number of benzene rings is 5. The topological polar surface area (TPSA) is 18.5 Å². The third-order valence-electron chi connectivity index (χ3n) is 8.35. The zero-order valence-electron chi connectivity index (χ0n) is 22.2. The van der Waals surface area contributed by atoms with Crippen molar-refractivity contribution in [1.29, 1.82) is 0 Å². The molecule has 0 fully saturated rings. The average Bonchev–Trinajstić information content (AvgIpc) is 3.19. The van der Waals surface area contributed by atoms with Crippen LogP contribution in [0.2, 0.25) is 0 Å². The van der Waals surface area contributed by atoms with Gasteiger partial charge in [0.1, 0.15) is 29.0 Å². The molecular formula is C35H25F3O2. The molecule has 1 aliphatic heterocycles. The third kappa shape index (κ3) is 3.37. The fourth-order valence-electron chi connectivity index (χ4n) is 6.44. The molecular weight excluding hydrogens is 509 g/mol. The first-order chi connectivity index (χ1) is 19.2. The largest absolute Gasteiger partial charge is 0.497 e. The van der Waals surface area contributed by atoms with Crippen LogP contribution >= 0.6 is 0 Å². The van der Waals surface area contributed by atoms with Crippen molar-refractivity contribution < 1.29 is 22.6 Å². The summed E-state index contributed by atoms with van der Waals surface area (Å²) in [7, 11) is 1.60. The summed E-state index contributed by atoms with van der Waals surface area (Å²) in [5.41, 5.74) is 4.44. The molecule has 1 aliphatic carbocycles. The zero-order valence-corrected chi connectivity index (χ0v) is 22.2. The van der Waals surface area contributed by atoms with Gasteiger partial charge in [-0.3, -0.25) is 0 Å². The molecule has 0 spiro atoms. The summed E-state index contributed by atoms with van der Waals surface area (Å²) >= 11 is 0. The van der Waals surface area contributed by atoms with Crippen LogP contribution in [0.25, 0.3) is 28.0 Å². The number of methoxy groups -OCH3 is 1. The Labute approximate surface area is 230 Å². The number of halogens is 3. The molecule has 0 bridgehead atoms. The van der Waals surface area contributed by atoms with E-state index in [0.29, 0.717) is 16.9 Å². The minimum absolute atomic E-state index is 0.300. The van der Waals surface area contributed by atoms with Crippen molar-refractivity contribution in [2.24, 2.45) is 0 Å². The molecule has 0 radical (unpaired) electrons. The first-order valence-corrected chi connectivity index (χ1v) is 13.1. The lowest BCUT2D eigenvalue weighted by Crippen LogP contribution is -2.35. The van der Waals surface area contributed by atoms with E-state index < -0.39 is 11.0 Å². The fourth-order valence-corrected chi connectivity index (χ4v) is 6.44. The van der Waals surface area contributed by atoms with E-state index in [1.54, 1.807) is 37.4 Å². The zero-order chi connectivity index (χ0) is 27.8. The van der Waals surface area contributed by atoms with E-state index >= 15 is 0 Å². The van der Waals surface area contributed by atoms with Crippen LogP contribution in [0.15, 0.2) is 91.0 Å². The molecule has 1 unspecified atom stereocenters. The highest BCUT2D eigenvalue weighted by atomic mass is 19.1. The van der Waals surface area contributed by atoms with Gasteiger partial charge in [-0.1, -0.05) is 56.3 Å². The summed E-state index contributed by atoms with van der Waals surface area (Å²) in [6.45, 7) is 4.15. The van der Waals surface area contributed by atoms with E-state index in [4.69, 9.17) is 9.47 Å². The Morgan fingerprint density at radius 3 is 2.02 bits per heavy atom. The predicted octanol–water partition coefficient (Wildman–Crippen LogP) is 8.92. The Kier molecular flexibility index (Phi) is 5.21. The van der Waals surface area contributed by atoms with E-state index in [1.807, 2.05) is 36.4 Å². The highest BCUT2D eigenvalue weighted by molar-refractivity contribution is 6.08. The maximum atomic E-state index is 14.8. The highest BCUT2D eigenvalue weighted by Crippen LogP contribution is 2.58. The summed E-state index contributed by atoms with van der Waals surface area (Å²) in [5, 5.41) is 1.44. The van der Waals surface area contributed by atoms with E-state index in [9.17, 15) is 13.2 Å². The standard InChI is InChI=1S/C35H25F3O2/c1-34(2)30-19-24(38)11-15-27(30)31-26-14-10-23(37)18-29(26)33-28(32(31)34)16-17-35(40-33,20-4-8-22(36)9-5-20)21-6-12-25(39-3)13-7-21/h4-19H,1-3H3. The second kappa shape index (κ2) is 8.49. The summed E-state index contributed by atoms with van der Waals surface area (Å²) in [6, 6.07) is 23.3. The Hall–Kier alpha value is -4.51. The molecule has 0 saturated heterocycles. The lowest BCUT2D eigenvalue weighted by molar-refractivity contribution is 0.163. The summed E-state index contributed by atoms with van der Waals surface area (Å²) in [4.78, 5) is 0. The minimum Gasteiger partial charge on any atom is -0.497 e. The second-order valence-electron chi connectivity index (χ2n) is 10.9. The molecule has 40 heavy (non-hydrogen) atoms. The predicted molar refractivity (Wildman–Crippen MR) is 151 cm³/mol. The first kappa shape index (κ1) is 24.5. The summed E-state index contributed by atoms with van der Waals surface area (Å²) in [6.07, 6.45) is 3.98. The molecule has 7 rings (SSSR count). The minimum atomic E-state index is -1.12. The Balaban J connectivity index is 1.55. The van der Waals surface area contributed by atoms with Crippen LogP contribution in [0.3, 0.4) is 0 Å². The van der Waals surface area contributed by atoms with Crippen molar-refractivity contribution in [2.45, 2.75) is 24.9 Å². The molecule has 2 aliphatic rings. The van der Waals surface area contributed by atoms with Crippen molar-refractivity contribution in [3.05, 3.63) is 136 Å². The molecule has 0 saturated carbocycles. The lowest BCUT2D eigenvalue weighted by Gasteiger charge is -2.38. The smallest absolute Gasteiger partial charge is 0.178 e. The normalized spacial score (nSPS) is 18.1. The molecule has 5 aromatic carbocycles. The van der Waals surface area contributed by atoms with E-state index in [1.165, 1.54) is 30.3 Å². The van der Waals surface area contributed by atoms with Gasteiger partial charge < -0.3 is 9.47 Å². The van der Waals surface area contributed by atoms with Gasteiger partial charge in [0.2, 0.25) is 0 Å². The molecule has 0 aromatic heterocycles. The Morgan fingerprint density at radius 2 is 1.32 bits per heavy atom. The second-order valence-corrected chi connectivity index (χ2v) is 10.9. The first-order valence-electron chi connectivity index (χ1n) is 13.1. The van der Waals surface area contributed by atoms with Crippen molar-refractivity contribution in [3.8, 4) is 22.6 Å². The lowest BCUT2D eigenvalue weighted by atomic mass is 9.77. The third-order valence-corrected chi connectivity index (χ3v) is 8.35. The van der Waals surface area contributed by atoms with Gasteiger partial charge in [-0.25, -0.2) is 13.2 Å². The van der Waals surface area contributed by atoms with Gasteiger partial charge in [-0.05, 0) is 82.2 Å². The van der Waals surface area contributed by atoms with Gasteiger partial charge in [0.25, 0.3) is 0 Å². The van der Waals surface area contributed by atoms with Gasteiger partial charge in [0, 0.05) is 27.5 Å². The summed E-state index contributed by atoms with van der Waals surface area (Å²) < 4.78 is 55.7. The van der Waals surface area contributed by atoms with Crippen LogP contribution in [-0.4, -0.2) is 7.11 Å². The fraction of sp³-hybridized carbons (Fsp3) is 0.143. The van der Waals surface area contributed by atoms with Crippen LogP contribution in [-0.2, 0) is 11.0 Å². The maximum Gasteiger partial charge on any atom is 0.178 e. The van der Waals surface area contributed by atoms with Crippen molar-refractivity contribution in [3.63, 3.8) is 0 Å². The van der Waals surface area contributed by atoms with Crippen LogP contribution in [0.5, 0.6) is 11.5 Å². The quantitative estimate of drug-likeness (QED) is 0.230. The molecule has 0 N–H and O–H groups in total. The average molecular weight is 535 g/mol. The number of ether oxygens (including phenoxy) is 2. The van der Waals surface area contributed by atoms with Gasteiger partial charge in [-0.15, -0.1) is 0 Å². The molecule has 2 nitrogen and oxygen atoms in total. The van der Waals surface area contributed by atoms with Crippen molar-refractivity contribution in [1.82, 2.24) is 0 Å². The van der Waals surface area contributed by atoms with Crippen LogP contribution in [0.4, 0.5) is 13.2 Å². The van der Waals surface area contributed by atoms with E-state index in [2.05, 4.69) is 13.8 Å². The maximum absolute atomic E-state index is 14.8. The van der Waals surface area contributed by atoms with Crippen molar-refractivity contribution in [2.75, 3.05) is 7.11 Å². The van der Waals surface area contributed by atoms with Gasteiger partial charge in [0.15, 0.2) is 5.60 Å². The number of rotatable bonds is 3. The van der Waals surface area contributed by atoms with Crippen LogP contribution < -0.4 is 9.47 Å². The van der Waals surface area contributed by atoms with E-state index in [0.717, 1.165) is 44.3 Å². The highest BCUT2D eigenvalue weighted by Gasteiger charge is 2.44. The molecule has 1 atom stereocenters. The molecule has 0 amide bonds. The number of hydrogen-bond donors (Lipinski definition) is 0. The van der Waals surface area contributed by atoms with Gasteiger partial charge in [-0.2, -0.15) is 0 Å². The van der Waals surface area contributed by atoms with Gasteiger partial charge in [0.05, 0.1) is 7.11 Å². The number of hydrogen-bond acceptors (Lipinski definition) is 2. The van der Waals surface area contributed by atoms with Crippen LogP contribution in [0.1, 0.15) is 41.7 Å². The van der Waals surface area contributed by atoms with Crippen molar-refractivity contribution >= 4 is 16.8 Å². The SMILES string of the molecule is COc1ccc(C2(c3ccc(F)cc3)C=Cc3c4c(c5ccc(F)cc5c3O2)-c2ccc(F)cc2C4(C)C)cc1. The molecule has 5 heteroatoms. The molecule has 198 valence electrons. The van der Waals surface area contributed by atoms with Gasteiger partial charge >= 0.3 is 0 Å². The number of fused-ring (bicyclic) bond motifs is 8. The monoisotopic (exact) mass is 534 g/mol. The molecule has 5 aromatic rings. The Morgan fingerprint density at radius 1 is 0.700 bits per heavy atom. The van der Waals surface area contributed by atoms with Crippen LogP contribution in [0, 0.1) is 17.5 Å². The molecule has 1 heterocycles. The van der Waals surface area contributed by atoms with E-state index in [-0.39, 0.29) is 17.5 Å². The summed E-state index contributed by atoms with van der Waals surface area (Å²) in [5.74, 6) is 0.171. The Bertz CT molecular complexity index is 1850.